The second-order valence-electron chi connectivity index (χ2n) is 4.40. The third-order valence-electron chi connectivity index (χ3n) is 3.00. The number of non-ortho nitro benzene ring substituents is 1. The van der Waals surface area contributed by atoms with Crippen LogP contribution in [0.4, 0.5) is 5.69 Å². The molecule has 3 rings (SSSR count). The number of rotatable bonds is 3. The first-order valence-electron chi connectivity index (χ1n) is 5.95. The maximum absolute atomic E-state index is 11.5. The van der Waals surface area contributed by atoms with Crippen LogP contribution < -0.4 is 11.1 Å². The SMILES string of the molecule is O=c1[nH]c2cc([N+](=O)[O-])cc(Cn3cccn3)c2[nH]c1=O. The highest BCUT2D eigenvalue weighted by Crippen LogP contribution is 2.22. The molecule has 0 saturated heterocycles. The predicted molar refractivity (Wildman–Crippen MR) is 73.2 cm³/mol. The van der Waals surface area contributed by atoms with Gasteiger partial charge in [-0.25, -0.2) is 0 Å². The summed E-state index contributed by atoms with van der Waals surface area (Å²) in [5.41, 5.74) is -0.800. The maximum atomic E-state index is 11.5. The number of aromatic amines is 2. The highest BCUT2D eigenvalue weighted by atomic mass is 16.6. The first kappa shape index (κ1) is 12.8. The molecular weight excluding hydrogens is 278 g/mol. The molecule has 9 nitrogen and oxygen atoms in total. The van der Waals surface area contributed by atoms with Crippen LogP contribution in [0.5, 0.6) is 0 Å². The monoisotopic (exact) mass is 287 g/mol. The lowest BCUT2D eigenvalue weighted by Gasteiger charge is -2.06. The van der Waals surface area contributed by atoms with Gasteiger partial charge in [-0.15, -0.1) is 0 Å². The highest BCUT2D eigenvalue weighted by Gasteiger charge is 2.14. The molecule has 2 aromatic heterocycles. The van der Waals surface area contributed by atoms with E-state index in [0.717, 1.165) is 0 Å². The van der Waals surface area contributed by atoms with Gasteiger partial charge in [0.1, 0.15) is 0 Å². The van der Waals surface area contributed by atoms with Crippen LogP contribution >= 0.6 is 0 Å². The van der Waals surface area contributed by atoms with E-state index in [1.54, 1.807) is 23.1 Å². The number of nitrogens with zero attached hydrogens (tertiary/aromatic N) is 3. The molecule has 0 bridgehead atoms. The van der Waals surface area contributed by atoms with Crippen molar-refractivity contribution in [1.82, 2.24) is 19.7 Å². The van der Waals surface area contributed by atoms with E-state index < -0.39 is 16.0 Å². The number of fused-ring (bicyclic) bond motifs is 1. The lowest BCUT2D eigenvalue weighted by Crippen LogP contribution is -2.29. The predicted octanol–water partition coefficient (Wildman–Crippen LogP) is 0.369. The van der Waals surface area contributed by atoms with Gasteiger partial charge in [0, 0.05) is 30.1 Å². The third kappa shape index (κ3) is 2.31. The second-order valence-corrected chi connectivity index (χ2v) is 4.40. The standard InChI is InChI=1S/C12H9N5O4/c18-11-12(19)15-10-7(6-16-3-1-2-13-16)4-8(17(20)21)5-9(10)14-11/h1-5H,6H2,(H,14,18)(H,15,19). The van der Waals surface area contributed by atoms with Gasteiger partial charge in [-0.3, -0.25) is 24.4 Å². The molecule has 0 fully saturated rings. The lowest BCUT2D eigenvalue weighted by molar-refractivity contribution is -0.384. The van der Waals surface area contributed by atoms with Gasteiger partial charge in [0.25, 0.3) is 5.69 Å². The van der Waals surface area contributed by atoms with E-state index in [1.165, 1.54) is 12.1 Å². The molecule has 1 aromatic carbocycles. The van der Waals surface area contributed by atoms with E-state index in [2.05, 4.69) is 15.1 Å². The molecule has 2 N–H and O–H groups in total. The Morgan fingerprint density at radius 1 is 1.24 bits per heavy atom. The van der Waals surface area contributed by atoms with Crippen molar-refractivity contribution in [3.8, 4) is 0 Å². The Balaban J connectivity index is 2.28. The normalized spacial score (nSPS) is 10.9. The first-order chi connectivity index (χ1) is 10.0. The number of nitro benzene ring substituents is 1. The molecule has 0 radical (unpaired) electrons. The van der Waals surface area contributed by atoms with Crippen molar-refractivity contribution in [3.05, 3.63) is 67.0 Å². The molecule has 0 amide bonds. The van der Waals surface area contributed by atoms with Crippen LogP contribution in [0.3, 0.4) is 0 Å². The minimum absolute atomic E-state index is 0.174. The van der Waals surface area contributed by atoms with Crippen molar-refractivity contribution >= 4 is 16.7 Å². The molecule has 21 heavy (non-hydrogen) atoms. The summed E-state index contributed by atoms with van der Waals surface area (Å²) >= 11 is 0. The Bertz CT molecular complexity index is 938. The number of hydrogen-bond donors (Lipinski definition) is 2. The average Bonchev–Trinajstić information content (AvgIpc) is 2.93. The van der Waals surface area contributed by atoms with Gasteiger partial charge in [0.2, 0.25) is 0 Å². The van der Waals surface area contributed by atoms with Crippen LogP contribution in [0, 0.1) is 10.1 Å². The summed E-state index contributed by atoms with van der Waals surface area (Å²) in [6, 6.07) is 4.27. The van der Waals surface area contributed by atoms with Gasteiger partial charge in [0.15, 0.2) is 0 Å². The molecule has 0 unspecified atom stereocenters. The summed E-state index contributed by atoms with van der Waals surface area (Å²) in [5.74, 6) is 0. The van der Waals surface area contributed by atoms with Crippen molar-refractivity contribution in [2.45, 2.75) is 6.54 Å². The molecule has 0 atom stereocenters. The summed E-state index contributed by atoms with van der Waals surface area (Å²) < 4.78 is 1.56. The Labute approximate surface area is 116 Å². The molecule has 2 heterocycles. The van der Waals surface area contributed by atoms with Gasteiger partial charge in [-0.2, -0.15) is 5.10 Å². The fraction of sp³-hybridized carbons (Fsp3) is 0.0833. The topological polar surface area (TPSA) is 127 Å². The molecule has 106 valence electrons. The lowest BCUT2D eigenvalue weighted by atomic mass is 10.1. The zero-order valence-electron chi connectivity index (χ0n) is 10.6. The van der Waals surface area contributed by atoms with Crippen molar-refractivity contribution in [1.29, 1.82) is 0 Å². The Kier molecular flexibility index (Phi) is 2.87. The van der Waals surface area contributed by atoms with Crippen LogP contribution in [0.25, 0.3) is 11.0 Å². The van der Waals surface area contributed by atoms with Gasteiger partial charge in [0.05, 0.1) is 22.5 Å². The molecule has 9 heteroatoms. The van der Waals surface area contributed by atoms with E-state index in [-0.39, 0.29) is 17.7 Å². The molecular formula is C12H9N5O4. The second kappa shape index (κ2) is 4.71. The van der Waals surface area contributed by atoms with Crippen LogP contribution in [0.1, 0.15) is 5.56 Å². The average molecular weight is 287 g/mol. The largest absolute Gasteiger partial charge is 0.316 e. The van der Waals surface area contributed by atoms with E-state index in [0.29, 0.717) is 11.1 Å². The molecule has 0 aliphatic heterocycles. The number of nitro groups is 1. The summed E-state index contributed by atoms with van der Waals surface area (Å²) in [4.78, 5) is 38.0. The molecule has 0 saturated carbocycles. The van der Waals surface area contributed by atoms with Gasteiger partial charge >= 0.3 is 11.1 Å². The number of benzene rings is 1. The van der Waals surface area contributed by atoms with Crippen molar-refractivity contribution in [2.24, 2.45) is 0 Å². The number of hydrogen-bond acceptors (Lipinski definition) is 5. The van der Waals surface area contributed by atoms with Gasteiger partial charge < -0.3 is 9.97 Å². The van der Waals surface area contributed by atoms with Gasteiger partial charge in [-0.05, 0) is 6.07 Å². The first-order valence-corrected chi connectivity index (χ1v) is 5.95. The zero-order valence-corrected chi connectivity index (χ0v) is 10.6. The van der Waals surface area contributed by atoms with Crippen molar-refractivity contribution in [3.63, 3.8) is 0 Å². The molecule has 0 spiro atoms. The van der Waals surface area contributed by atoms with E-state index in [4.69, 9.17) is 0 Å². The third-order valence-corrected chi connectivity index (χ3v) is 3.00. The van der Waals surface area contributed by atoms with Crippen LogP contribution in [-0.2, 0) is 6.54 Å². The number of H-pyrrole nitrogens is 2. The number of aromatic nitrogens is 4. The van der Waals surface area contributed by atoms with E-state index >= 15 is 0 Å². The minimum Gasteiger partial charge on any atom is -0.316 e. The fourth-order valence-corrected chi connectivity index (χ4v) is 2.08. The number of nitrogens with one attached hydrogen (secondary N) is 2. The minimum atomic E-state index is -0.854. The smallest absolute Gasteiger partial charge is 0.314 e. The van der Waals surface area contributed by atoms with Crippen LogP contribution in [-0.4, -0.2) is 24.7 Å². The Morgan fingerprint density at radius 3 is 2.67 bits per heavy atom. The van der Waals surface area contributed by atoms with Crippen molar-refractivity contribution in [2.75, 3.05) is 0 Å². The van der Waals surface area contributed by atoms with Crippen molar-refractivity contribution < 1.29 is 4.92 Å². The summed E-state index contributed by atoms with van der Waals surface area (Å²) in [6.45, 7) is 0.229. The molecule has 3 aromatic rings. The summed E-state index contributed by atoms with van der Waals surface area (Å²) in [5, 5.41) is 15.0. The zero-order chi connectivity index (χ0) is 15.0. The van der Waals surface area contributed by atoms with Gasteiger partial charge in [-0.1, -0.05) is 0 Å². The Hall–Kier alpha value is -3.23. The highest BCUT2D eigenvalue weighted by molar-refractivity contribution is 5.80. The quantitative estimate of drug-likeness (QED) is 0.408. The Morgan fingerprint density at radius 2 is 2.00 bits per heavy atom. The van der Waals surface area contributed by atoms with E-state index in [9.17, 15) is 19.7 Å². The maximum Gasteiger partial charge on any atom is 0.314 e. The molecule has 0 aliphatic carbocycles. The van der Waals surface area contributed by atoms with Crippen LogP contribution in [0.2, 0.25) is 0 Å². The van der Waals surface area contributed by atoms with Crippen LogP contribution in [0.15, 0.2) is 40.2 Å². The van der Waals surface area contributed by atoms with E-state index in [1.807, 2.05) is 0 Å². The molecule has 0 aliphatic rings. The fourth-order valence-electron chi connectivity index (χ4n) is 2.08. The summed E-state index contributed by atoms with van der Waals surface area (Å²) in [6.07, 6.45) is 3.26. The summed E-state index contributed by atoms with van der Waals surface area (Å²) in [7, 11) is 0.